The highest BCUT2D eigenvalue weighted by molar-refractivity contribution is 6.61. The average molecular weight is 310 g/mol. The van der Waals surface area contributed by atoms with Crippen molar-refractivity contribution in [2.45, 2.75) is 18.5 Å². The van der Waals surface area contributed by atoms with Crippen LogP contribution in [0.4, 0.5) is 0 Å². The molecule has 0 aromatic carbocycles. The van der Waals surface area contributed by atoms with Gasteiger partial charge in [0.1, 0.15) is 0 Å². The zero-order chi connectivity index (χ0) is 14.8. The Kier molecular flexibility index (Phi) is 9.74. The molecule has 0 aromatic heterocycles. The van der Waals surface area contributed by atoms with Crippen LogP contribution in [0.2, 0.25) is 12.1 Å². The van der Waals surface area contributed by atoms with Gasteiger partial charge in [0, 0.05) is 54.7 Å². The van der Waals surface area contributed by atoms with Crippen LogP contribution < -0.4 is 0 Å². The fourth-order valence-electron chi connectivity index (χ4n) is 1.66. The molecule has 0 saturated carbocycles. The van der Waals surface area contributed by atoms with Gasteiger partial charge >= 0.3 is 17.6 Å². The quantitative estimate of drug-likeness (QED) is 0.427. The summed E-state index contributed by atoms with van der Waals surface area (Å²) in [5.74, 6) is 0. The van der Waals surface area contributed by atoms with Gasteiger partial charge in [-0.1, -0.05) is 12.2 Å². The van der Waals surface area contributed by atoms with Crippen molar-refractivity contribution in [2.75, 3.05) is 42.7 Å². The third-order valence-corrected chi connectivity index (χ3v) is 8.39. The number of allylic oxidation sites excluding steroid dienone is 2. The molecule has 8 heteroatoms. The second-order valence-corrected chi connectivity index (χ2v) is 9.89. The van der Waals surface area contributed by atoms with Crippen LogP contribution in [0.5, 0.6) is 0 Å². The van der Waals surface area contributed by atoms with Crippen LogP contribution in [0.3, 0.4) is 0 Å². The minimum Gasteiger partial charge on any atom is -0.377 e. The monoisotopic (exact) mass is 310 g/mol. The Morgan fingerprint density at radius 3 is 1.42 bits per heavy atom. The summed E-state index contributed by atoms with van der Waals surface area (Å²) in [6.07, 6.45) is 4.85. The normalized spacial score (nSPS) is 13.4. The molecule has 0 aliphatic rings. The molecule has 0 unspecified atom stereocenters. The van der Waals surface area contributed by atoms with Gasteiger partial charge in [0.25, 0.3) is 0 Å². The smallest absolute Gasteiger partial charge is 0.377 e. The maximum atomic E-state index is 5.34. The van der Waals surface area contributed by atoms with Crippen LogP contribution in [0.15, 0.2) is 12.2 Å². The molecule has 19 heavy (non-hydrogen) atoms. The Hall–Kier alpha value is -0.0662. The van der Waals surface area contributed by atoms with Crippen LogP contribution >= 0.6 is 0 Å². The summed E-state index contributed by atoms with van der Waals surface area (Å²) in [5, 5.41) is 0. The first kappa shape index (κ1) is 18.9. The van der Waals surface area contributed by atoms with E-state index in [4.69, 9.17) is 26.6 Å². The highest BCUT2D eigenvalue weighted by Gasteiger charge is 2.37. The predicted octanol–water partition coefficient (Wildman–Crippen LogP) is 1.69. The first-order chi connectivity index (χ1) is 9.07. The molecular formula is C11H26O6Si2. The molecule has 0 amide bonds. The lowest BCUT2D eigenvalue weighted by Gasteiger charge is -2.24. The minimum absolute atomic E-state index is 0.637. The molecule has 0 heterocycles. The minimum atomic E-state index is -2.51. The Labute approximate surface area is 118 Å². The van der Waals surface area contributed by atoms with E-state index in [9.17, 15) is 0 Å². The first-order valence-electron chi connectivity index (χ1n) is 6.03. The predicted molar refractivity (Wildman–Crippen MR) is 76.9 cm³/mol. The van der Waals surface area contributed by atoms with Crippen molar-refractivity contribution in [3.05, 3.63) is 12.2 Å². The van der Waals surface area contributed by atoms with Gasteiger partial charge < -0.3 is 26.6 Å². The Morgan fingerprint density at radius 2 is 1.05 bits per heavy atom. The number of hydrogen-bond acceptors (Lipinski definition) is 6. The molecule has 0 spiro atoms. The molecule has 0 aliphatic carbocycles. The van der Waals surface area contributed by atoms with Crippen LogP contribution in [-0.4, -0.2) is 60.3 Å². The Morgan fingerprint density at radius 1 is 0.632 bits per heavy atom. The third kappa shape index (κ3) is 5.84. The first-order valence-corrected chi connectivity index (χ1v) is 9.89. The summed E-state index contributed by atoms with van der Waals surface area (Å²) >= 11 is 0. The molecule has 0 saturated heterocycles. The van der Waals surface area contributed by atoms with Crippen molar-refractivity contribution in [2.24, 2.45) is 0 Å². The van der Waals surface area contributed by atoms with E-state index in [1.165, 1.54) is 0 Å². The van der Waals surface area contributed by atoms with Gasteiger partial charge in [0.2, 0.25) is 0 Å². The summed E-state index contributed by atoms with van der Waals surface area (Å²) in [6.45, 7) is 0. The SMILES string of the molecule is CO[Si](CC=CCC[Si](OC)(OC)OC)(OC)OC. The van der Waals surface area contributed by atoms with Crippen LogP contribution in [0, 0.1) is 0 Å². The van der Waals surface area contributed by atoms with Gasteiger partial charge in [-0.25, -0.2) is 0 Å². The zero-order valence-electron chi connectivity index (χ0n) is 12.7. The third-order valence-electron chi connectivity index (χ3n) is 3.02. The number of rotatable bonds is 11. The van der Waals surface area contributed by atoms with E-state index in [1.54, 1.807) is 42.7 Å². The van der Waals surface area contributed by atoms with Gasteiger partial charge in [-0.05, 0) is 6.42 Å². The van der Waals surface area contributed by atoms with Gasteiger partial charge in [-0.2, -0.15) is 0 Å². The van der Waals surface area contributed by atoms with E-state index in [1.807, 2.05) is 12.2 Å². The molecule has 0 radical (unpaired) electrons. The lowest BCUT2D eigenvalue weighted by atomic mass is 10.4. The van der Waals surface area contributed by atoms with Crippen LogP contribution in [0.25, 0.3) is 0 Å². The second-order valence-electron chi connectivity index (χ2n) is 3.80. The largest absolute Gasteiger partial charge is 0.504 e. The molecule has 0 rings (SSSR count). The summed E-state index contributed by atoms with van der Waals surface area (Å²) in [7, 11) is 4.67. The van der Waals surface area contributed by atoms with E-state index in [0.717, 1.165) is 12.5 Å². The topological polar surface area (TPSA) is 55.4 Å². The zero-order valence-corrected chi connectivity index (χ0v) is 14.7. The molecule has 6 nitrogen and oxygen atoms in total. The van der Waals surface area contributed by atoms with E-state index >= 15 is 0 Å². The highest BCUT2D eigenvalue weighted by Crippen LogP contribution is 2.17. The van der Waals surface area contributed by atoms with Crippen molar-refractivity contribution in [3.8, 4) is 0 Å². The summed E-state index contributed by atoms with van der Waals surface area (Å²) < 4.78 is 32.0. The van der Waals surface area contributed by atoms with Gasteiger partial charge in [0.15, 0.2) is 0 Å². The molecule has 0 N–H and O–H groups in total. The molecule has 0 aromatic rings. The maximum absolute atomic E-state index is 5.34. The molecule has 0 atom stereocenters. The average Bonchev–Trinajstić information content (AvgIpc) is 2.48. The van der Waals surface area contributed by atoms with E-state index < -0.39 is 17.6 Å². The van der Waals surface area contributed by atoms with Crippen LogP contribution in [-0.2, 0) is 26.6 Å². The van der Waals surface area contributed by atoms with Gasteiger partial charge in [-0.15, -0.1) is 0 Å². The molecule has 114 valence electrons. The molecule has 0 fully saturated rings. The lowest BCUT2D eigenvalue weighted by Crippen LogP contribution is -2.42. The molecule has 0 bridgehead atoms. The van der Waals surface area contributed by atoms with Crippen molar-refractivity contribution in [1.82, 2.24) is 0 Å². The van der Waals surface area contributed by atoms with E-state index in [2.05, 4.69) is 0 Å². The Bertz CT molecular complexity index is 237. The van der Waals surface area contributed by atoms with Crippen molar-refractivity contribution < 1.29 is 26.6 Å². The van der Waals surface area contributed by atoms with Gasteiger partial charge in [-0.3, -0.25) is 0 Å². The lowest BCUT2D eigenvalue weighted by molar-refractivity contribution is 0.124. The van der Waals surface area contributed by atoms with Gasteiger partial charge in [0.05, 0.1) is 0 Å². The molecular weight excluding hydrogens is 284 g/mol. The van der Waals surface area contributed by atoms with Crippen molar-refractivity contribution >= 4 is 17.6 Å². The Balaban J connectivity index is 4.23. The van der Waals surface area contributed by atoms with Crippen LogP contribution in [0.1, 0.15) is 6.42 Å². The second kappa shape index (κ2) is 9.78. The van der Waals surface area contributed by atoms with E-state index in [-0.39, 0.29) is 0 Å². The summed E-state index contributed by atoms with van der Waals surface area (Å²) in [6, 6.07) is 1.37. The number of hydrogen-bond donors (Lipinski definition) is 0. The standard InChI is InChI=1S/C11H26O6Si2/c1-12-18(13-2,14-3)10-8-7-9-11-19(15-4,16-5)17-6/h7-8H,9-11H2,1-6H3. The molecule has 0 aliphatic heterocycles. The maximum Gasteiger partial charge on any atom is 0.504 e. The highest BCUT2D eigenvalue weighted by atomic mass is 28.4. The summed E-state index contributed by atoms with van der Waals surface area (Å²) in [5.41, 5.74) is 0. The van der Waals surface area contributed by atoms with Crippen molar-refractivity contribution in [3.63, 3.8) is 0 Å². The van der Waals surface area contributed by atoms with Crippen molar-refractivity contribution in [1.29, 1.82) is 0 Å². The fourth-order valence-corrected chi connectivity index (χ4v) is 4.75. The fraction of sp³-hybridized carbons (Fsp3) is 0.818. The summed E-state index contributed by atoms with van der Waals surface area (Å²) in [4.78, 5) is 0. The van der Waals surface area contributed by atoms with E-state index in [0.29, 0.717) is 6.04 Å².